The summed E-state index contributed by atoms with van der Waals surface area (Å²) in [6.07, 6.45) is 1.46. The van der Waals surface area contributed by atoms with Gasteiger partial charge in [-0.1, -0.05) is 12.1 Å². The number of aliphatic hydroxyl groups is 1. The van der Waals surface area contributed by atoms with Gasteiger partial charge in [-0.25, -0.2) is 8.42 Å². The van der Waals surface area contributed by atoms with Crippen molar-refractivity contribution < 1.29 is 13.5 Å². The van der Waals surface area contributed by atoms with Gasteiger partial charge in [0.2, 0.25) is 10.0 Å². The zero-order valence-electron chi connectivity index (χ0n) is 15.9. The van der Waals surface area contributed by atoms with Crippen LogP contribution < -0.4 is 5.73 Å². The van der Waals surface area contributed by atoms with Gasteiger partial charge in [0.05, 0.1) is 17.0 Å². The maximum atomic E-state index is 13.0. The predicted molar refractivity (Wildman–Crippen MR) is 109 cm³/mol. The minimum atomic E-state index is -3.63. The van der Waals surface area contributed by atoms with E-state index in [1.54, 1.807) is 12.1 Å². The van der Waals surface area contributed by atoms with Gasteiger partial charge in [0.15, 0.2) is 5.82 Å². The number of sulfonamides is 1. The number of H-pyrrole nitrogens is 1. The molecule has 0 spiro atoms. The van der Waals surface area contributed by atoms with E-state index in [1.165, 1.54) is 4.31 Å². The topological polar surface area (TPSA) is 112 Å². The highest BCUT2D eigenvalue weighted by Gasteiger charge is 2.35. The number of anilines is 1. The lowest BCUT2D eigenvalue weighted by Gasteiger charge is -2.23. The number of rotatable bonds is 4. The highest BCUT2D eigenvalue weighted by Crippen LogP contribution is 2.35. The van der Waals surface area contributed by atoms with Crippen molar-refractivity contribution in [3.8, 4) is 11.1 Å². The molecular formula is C20H24N4O3S. The zero-order chi connectivity index (χ0) is 20.1. The molecule has 2 heterocycles. The molecule has 2 aromatic carbocycles. The molecular weight excluding hydrogens is 376 g/mol. The largest absolute Gasteiger partial charge is 0.395 e. The molecule has 4 rings (SSSR count). The summed E-state index contributed by atoms with van der Waals surface area (Å²) in [6.45, 7) is 4.19. The van der Waals surface area contributed by atoms with Gasteiger partial charge in [-0.2, -0.15) is 9.40 Å². The van der Waals surface area contributed by atoms with Gasteiger partial charge < -0.3 is 10.8 Å². The van der Waals surface area contributed by atoms with Crippen molar-refractivity contribution in [1.82, 2.24) is 14.5 Å². The van der Waals surface area contributed by atoms with Crippen molar-refractivity contribution in [2.75, 3.05) is 18.9 Å². The van der Waals surface area contributed by atoms with Gasteiger partial charge in [-0.05, 0) is 67.1 Å². The molecule has 0 saturated carbocycles. The Kier molecular flexibility index (Phi) is 4.65. The highest BCUT2D eigenvalue weighted by atomic mass is 32.2. The molecule has 1 atom stereocenters. The molecule has 0 radical (unpaired) electrons. The maximum Gasteiger partial charge on any atom is 0.243 e. The third-order valence-electron chi connectivity index (χ3n) is 5.65. The van der Waals surface area contributed by atoms with Crippen LogP contribution in [0.5, 0.6) is 0 Å². The first-order valence-electron chi connectivity index (χ1n) is 9.31. The SMILES string of the molecule is Cc1cc(S(=O)(=O)N2CCC[C@H]2CO)ccc1-c1ccc2[nH]nc(N)c2c1C. The quantitative estimate of drug-likeness (QED) is 0.623. The van der Waals surface area contributed by atoms with Crippen LogP contribution in [0.4, 0.5) is 5.82 Å². The number of aromatic amines is 1. The van der Waals surface area contributed by atoms with Crippen molar-refractivity contribution in [2.45, 2.75) is 37.6 Å². The fraction of sp³-hybridized carbons (Fsp3) is 0.350. The minimum Gasteiger partial charge on any atom is -0.395 e. The lowest BCUT2D eigenvalue weighted by Crippen LogP contribution is -2.37. The van der Waals surface area contributed by atoms with E-state index in [9.17, 15) is 13.5 Å². The second-order valence-electron chi connectivity index (χ2n) is 7.34. The number of aromatic nitrogens is 2. The standard InChI is InChI=1S/C20H24N4O3S/c1-12-10-15(28(26,27)24-9-3-4-14(24)11-25)5-6-16(12)17-7-8-18-19(13(17)2)20(21)23-22-18/h5-8,10,14,25H,3-4,9,11H2,1-2H3,(H3,21,22,23)/t14-/m0/s1. The summed E-state index contributed by atoms with van der Waals surface area (Å²) in [5.41, 5.74) is 10.7. The summed E-state index contributed by atoms with van der Waals surface area (Å²) >= 11 is 0. The summed E-state index contributed by atoms with van der Waals surface area (Å²) in [4.78, 5) is 0.260. The number of hydrogen-bond acceptors (Lipinski definition) is 5. The van der Waals surface area contributed by atoms with E-state index in [1.807, 2.05) is 32.0 Å². The fourth-order valence-corrected chi connectivity index (χ4v) is 5.92. The minimum absolute atomic E-state index is 0.151. The zero-order valence-corrected chi connectivity index (χ0v) is 16.8. The van der Waals surface area contributed by atoms with Crippen molar-refractivity contribution in [3.63, 3.8) is 0 Å². The molecule has 1 aliphatic rings. The van der Waals surface area contributed by atoms with Crippen LogP contribution in [0, 0.1) is 13.8 Å². The van der Waals surface area contributed by atoms with Crippen LogP contribution in [-0.2, 0) is 10.0 Å². The summed E-state index contributed by atoms with van der Waals surface area (Å²) in [5, 5.41) is 17.4. The number of nitrogens with one attached hydrogen (secondary N) is 1. The Morgan fingerprint density at radius 2 is 2.00 bits per heavy atom. The number of fused-ring (bicyclic) bond motifs is 1. The maximum absolute atomic E-state index is 13.0. The number of aliphatic hydroxyl groups excluding tert-OH is 1. The van der Waals surface area contributed by atoms with E-state index in [0.29, 0.717) is 18.8 Å². The van der Waals surface area contributed by atoms with E-state index in [-0.39, 0.29) is 17.5 Å². The fourth-order valence-electron chi connectivity index (χ4n) is 4.15. The molecule has 3 aromatic rings. The summed E-state index contributed by atoms with van der Waals surface area (Å²) in [6, 6.07) is 8.79. The summed E-state index contributed by atoms with van der Waals surface area (Å²) in [7, 11) is -3.63. The summed E-state index contributed by atoms with van der Waals surface area (Å²) < 4.78 is 27.5. The number of nitrogens with two attached hydrogens (primary N) is 1. The van der Waals surface area contributed by atoms with Crippen LogP contribution in [0.1, 0.15) is 24.0 Å². The normalized spacial score (nSPS) is 18.2. The van der Waals surface area contributed by atoms with Gasteiger partial charge >= 0.3 is 0 Å². The van der Waals surface area contributed by atoms with Crippen LogP contribution in [0.2, 0.25) is 0 Å². The third-order valence-corrected chi connectivity index (χ3v) is 7.59. The van der Waals surface area contributed by atoms with Crippen molar-refractivity contribution in [3.05, 3.63) is 41.5 Å². The summed E-state index contributed by atoms with van der Waals surface area (Å²) in [5.74, 6) is 0.454. The molecule has 0 unspecified atom stereocenters. The van der Waals surface area contributed by atoms with E-state index in [0.717, 1.165) is 39.6 Å². The molecule has 0 bridgehead atoms. The van der Waals surface area contributed by atoms with Crippen LogP contribution in [0.25, 0.3) is 22.0 Å². The van der Waals surface area contributed by atoms with E-state index in [2.05, 4.69) is 10.2 Å². The second kappa shape index (κ2) is 6.88. The van der Waals surface area contributed by atoms with Crippen LogP contribution in [0.3, 0.4) is 0 Å². The number of nitrogen functional groups attached to an aromatic ring is 1. The van der Waals surface area contributed by atoms with Gasteiger partial charge in [0, 0.05) is 18.0 Å². The van der Waals surface area contributed by atoms with E-state index < -0.39 is 10.0 Å². The van der Waals surface area contributed by atoms with Crippen LogP contribution in [0.15, 0.2) is 35.2 Å². The molecule has 28 heavy (non-hydrogen) atoms. The first kappa shape index (κ1) is 18.9. The first-order chi connectivity index (χ1) is 13.3. The Bertz CT molecular complexity index is 1150. The van der Waals surface area contributed by atoms with Gasteiger partial charge in [0.1, 0.15) is 0 Å². The number of nitrogens with zero attached hydrogens (tertiary/aromatic N) is 2. The van der Waals surface area contributed by atoms with E-state index in [4.69, 9.17) is 5.73 Å². The van der Waals surface area contributed by atoms with Gasteiger partial charge in [-0.15, -0.1) is 0 Å². The average Bonchev–Trinajstić information content (AvgIpc) is 3.30. The molecule has 0 amide bonds. The third kappa shape index (κ3) is 2.88. The molecule has 0 aliphatic carbocycles. The predicted octanol–water partition coefficient (Wildman–Crippen LogP) is 2.57. The van der Waals surface area contributed by atoms with Crippen LogP contribution >= 0.6 is 0 Å². The van der Waals surface area contributed by atoms with Crippen molar-refractivity contribution >= 4 is 26.7 Å². The Morgan fingerprint density at radius 1 is 1.25 bits per heavy atom. The molecule has 8 heteroatoms. The molecule has 7 nitrogen and oxygen atoms in total. The Balaban J connectivity index is 1.77. The molecule has 1 aliphatic heterocycles. The number of benzene rings is 2. The van der Waals surface area contributed by atoms with Crippen LogP contribution in [-0.4, -0.2) is 47.2 Å². The van der Waals surface area contributed by atoms with Gasteiger partial charge in [-0.3, -0.25) is 5.10 Å². The van der Waals surface area contributed by atoms with E-state index >= 15 is 0 Å². The highest BCUT2D eigenvalue weighted by molar-refractivity contribution is 7.89. The molecule has 1 fully saturated rings. The first-order valence-corrected chi connectivity index (χ1v) is 10.8. The molecule has 1 aromatic heterocycles. The van der Waals surface area contributed by atoms with Crippen molar-refractivity contribution in [2.24, 2.45) is 0 Å². The van der Waals surface area contributed by atoms with Gasteiger partial charge in [0.25, 0.3) is 0 Å². The monoisotopic (exact) mass is 400 g/mol. The van der Waals surface area contributed by atoms with Crippen molar-refractivity contribution in [1.29, 1.82) is 0 Å². The number of hydrogen-bond donors (Lipinski definition) is 3. The Morgan fingerprint density at radius 3 is 2.71 bits per heavy atom. The Hall–Kier alpha value is -2.42. The number of aryl methyl sites for hydroxylation is 2. The second-order valence-corrected chi connectivity index (χ2v) is 9.23. The average molecular weight is 401 g/mol. The lowest BCUT2D eigenvalue weighted by atomic mass is 9.94. The molecule has 148 valence electrons. The smallest absolute Gasteiger partial charge is 0.243 e. The Labute approximate surface area is 164 Å². The lowest BCUT2D eigenvalue weighted by molar-refractivity contribution is 0.213. The molecule has 1 saturated heterocycles. The molecule has 4 N–H and O–H groups in total.